The molecule has 0 aromatic rings. The largest absolute Gasteiger partial charge is 0.497 e. The van der Waals surface area contributed by atoms with Crippen LogP contribution >= 0.6 is 46.9 Å². The Morgan fingerprint density at radius 1 is 1.38 bits per heavy atom. The summed E-state index contributed by atoms with van der Waals surface area (Å²) in [5.41, 5.74) is 1.07. The Morgan fingerprint density at radius 2 is 2.21 bits per heavy atom. The fourth-order valence-corrected chi connectivity index (χ4v) is 6.91. The first-order valence-electron chi connectivity index (χ1n) is 8.21. The van der Waals surface area contributed by atoms with Crippen LogP contribution in [0.4, 0.5) is 0 Å². The predicted molar refractivity (Wildman–Crippen MR) is 105 cm³/mol. The molecule has 1 fully saturated rings. The molecule has 24 heavy (non-hydrogen) atoms. The van der Waals surface area contributed by atoms with Gasteiger partial charge in [-0.25, -0.2) is 0 Å². The van der Waals surface area contributed by atoms with E-state index in [1.54, 1.807) is 19.1 Å². The highest BCUT2D eigenvalue weighted by Gasteiger charge is 2.38. The number of rotatable bonds is 5. The number of alkyl halides is 2. The zero-order valence-corrected chi connectivity index (χ0v) is 16.7. The number of nitrogens with one attached hydrogen (secondary N) is 1. The van der Waals surface area contributed by atoms with Crippen LogP contribution in [0, 0.1) is 11.8 Å². The number of allylic oxidation sites excluding steroid dienone is 4. The van der Waals surface area contributed by atoms with Crippen LogP contribution in [0.3, 0.4) is 0 Å². The van der Waals surface area contributed by atoms with Gasteiger partial charge in [-0.2, -0.15) is 0 Å². The van der Waals surface area contributed by atoms with E-state index >= 15 is 0 Å². The summed E-state index contributed by atoms with van der Waals surface area (Å²) in [6.45, 7) is 0. The minimum atomic E-state index is -0.462. The van der Waals surface area contributed by atoms with Gasteiger partial charge in [0.05, 0.1) is 27.9 Å². The average Bonchev–Trinajstić information content (AvgIpc) is 2.97. The number of hydrogen-bond acceptors (Lipinski definition) is 5. The van der Waals surface area contributed by atoms with Gasteiger partial charge in [0.25, 0.3) is 0 Å². The Morgan fingerprint density at radius 3 is 2.96 bits per heavy atom. The summed E-state index contributed by atoms with van der Waals surface area (Å²) in [4.78, 5) is 0. The van der Waals surface area contributed by atoms with Gasteiger partial charge in [-0.3, -0.25) is 0 Å². The number of aliphatic hydroxyl groups is 1. The van der Waals surface area contributed by atoms with E-state index in [4.69, 9.17) is 27.9 Å². The van der Waals surface area contributed by atoms with E-state index in [0.717, 1.165) is 24.3 Å². The number of halogens is 2. The van der Waals surface area contributed by atoms with Gasteiger partial charge < -0.3 is 14.6 Å². The van der Waals surface area contributed by atoms with E-state index in [0.29, 0.717) is 29.3 Å². The third kappa shape index (κ3) is 4.61. The van der Waals surface area contributed by atoms with Crippen molar-refractivity contribution in [3.63, 3.8) is 0 Å². The van der Waals surface area contributed by atoms with Crippen LogP contribution < -0.4 is 4.72 Å². The second-order valence-electron chi connectivity index (χ2n) is 6.36. The summed E-state index contributed by atoms with van der Waals surface area (Å²) >= 11 is 16.2. The van der Waals surface area contributed by atoms with Gasteiger partial charge in [0.2, 0.25) is 0 Å². The van der Waals surface area contributed by atoms with E-state index in [1.807, 2.05) is 17.8 Å². The van der Waals surface area contributed by atoms with E-state index in [2.05, 4.69) is 23.0 Å². The topological polar surface area (TPSA) is 41.5 Å². The monoisotopic (exact) mass is 407 g/mol. The van der Waals surface area contributed by atoms with Crippen molar-refractivity contribution >= 4 is 46.9 Å². The van der Waals surface area contributed by atoms with Crippen molar-refractivity contribution in [3.8, 4) is 0 Å². The Bertz CT molecular complexity index is 541. The molecule has 3 nitrogen and oxygen atoms in total. The fourth-order valence-electron chi connectivity index (χ4n) is 3.26. The molecule has 1 saturated heterocycles. The van der Waals surface area contributed by atoms with Crippen molar-refractivity contribution in [3.05, 3.63) is 35.8 Å². The Kier molecular flexibility index (Phi) is 6.77. The van der Waals surface area contributed by atoms with Gasteiger partial charge >= 0.3 is 0 Å². The van der Waals surface area contributed by atoms with E-state index < -0.39 is 6.10 Å². The molecular weight excluding hydrogens is 385 g/mol. The van der Waals surface area contributed by atoms with Gasteiger partial charge in [0.1, 0.15) is 5.76 Å². The van der Waals surface area contributed by atoms with Gasteiger partial charge in [0, 0.05) is 12.1 Å². The van der Waals surface area contributed by atoms with Gasteiger partial charge in [-0.05, 0) is 55.2 Å². The van der Waals surface area contributed by atoms with E-state index in [1.165, 1.54) is 0 Å². The summed E-state index contributed by atoms with van der Waals surface area (Å²) in [6, 6.07) is 0. The van der Waals surface area contributed by atoms with Crippen LogP contribution in [0.15, 0.2) is 35.8 Å². The zero-order chi connectivity index (χ0) is 17.1. The lowest BCUT2D eigenvalue weighted by molar-refractivity contribution is 0.163. The first-order chi connectivity index (χ1) is 11.6. The molecule has 2 aliphatic carbocycles. The Hall–Kier alpha value is 0.0600. The first-order valence-corrected chi connectivity index (χ1v) is 10.9. The molecule has 7 heteroatoms. The molecule has 0 spiro atoms. The maximum absolute atomic E-state index is 9.87. The van der Waals surface area contributed by atoms with Crippen molar-refractivity contribution in [1.29, 1.82) is 0 Å². The molecule has 1 heterocycles. The second kappa shape index (κ2) is 8.63. The van der Waals surface area contributed by atoms with Crippen molar-refractivity contribution < 1.29 is 9.84 Å². The molecule has 0 aromatic carbocycles. The molecule has 0 aromatic heterocycles. The lowest BCUT2D eigenvalue weighted by atomic mass is 9.86. The van der Waals surface area contributed by atoms with E-state index in [9.17, 15) is 5.11 Å². The highest BCUT2D eigenvalue weighted by Crippen LogP contribution is 2.49. The molecule has 0 radical (unpaired) electrons. The van der Waals surface area contributed by atoms with Crippen molar-refractivity contribution in [1.82, 2.24) is 4.72 Å². The molecule has 0 bridgehead atoms. The third-order valence-electron chi connectivity index (χ3n) is 4.69. The molecule has 3 rings (SSSR count). The summed E-state index contributed by atoms with van der Waals surface area (Å²) in [5.74, 6) is 1.83. The SMILES string of the molecule is COC1=CC(C2CC(SNC3=CCC(Cl)C(O)C3)SC2Cl)CC=C1. The standard InChI is InChI=1S/C17H23Cl2NO2S2/c1-22-12-4-2-3-10(7-12)13-9-16(23-17(13)19)24-20-11-5-6-14(18)15(21)8-11/h2,4-5,7,10,13-17,20-21H,3,6,8-9H2,1H3. The number of ether oxygens (including phenoxy) is 1. The molecule has 134 valence electrons. The first kappa shape index (κ1) is 18.8. The molecule has 0 saturated carbocycles. The summed E-state index contributed by atoms with van der Waals surface area (Å²) < 4.78 is 9.29. The number of methoxy groups -OCH3 is 1. The lowest BCUT2D eigenvalue weighted by Gasteiger charge is -2.25. The summed E-state index contributed by atoms with van der Waals surface area (Å²) in [6.07, 6.45) is 11.4. The smallest absolute Gasteiger partial charge is 0.114 e. The van der Waals surface area contributed by atoms with Crippen LogP contribution in [-0.4, -0.2) is 33.0 Å². The van der Waals surface area contributed by atoms with Crippen LogP contribution in [0.5, 0.6) is 0 Å². The molecule has 1 aliphatic heterocycles. The zero-order valence-electron chi connectivity index (χ0n) is 13.5. The molecule has 2 N–H and O–H groups in total. The van der Waals surface area contributed by atoms with Crippen LogP contribution in [-0.2, 0) is 4.74 Å². The normalized spacial score (nSPS) is 39.3. The third-order valence-corrected chi connectivity index (χ3v) is 8.36. The molecule has 0 amide bonds. The van der Waals surface area contributed by atoms with Crippen LogP contribution in [0.2, 0.25) is 0 Å². The van der Waals surface area contributed by atoms with Crippen molar-refractivity contribution in [2.45, 2.75) is 46.5 Å². The maximum Gasteiger partial charge on any atom is 0.114 e. The molecule has 6 unspecified atom stereocenters. The second-order valence-corrected chi connectivity index (χ2v) is 10.3. The number of thioether (sulfide) groups is 1. The molecular formula is C17H23Cl2NO2S2. The Balaban J connectivity index is 1.51. The molecule has 3 aliphatic rings. The molecule has 6 atom stereocenters. The minimum absolute atomic E-state index is 0.119. The highest BCUT2D eigenvalue weighted by atomic mass is 35.5. The quantitative estimate of drug-likeness (QED) is 0.513. The van der Waals surface area contributed by atoms with Crippen molar-refractivity contribution in [2.24, 2.45) is 11.8 Å². The van der Waals surface area contributed by atoms with E-state index in [-0.39, 0.29) is 10.1 Å². The summed E-state index contributed by atoms with van der Waals surface area (Å²) in [7, 11) is 1.71. The minimum Gasteiger partial charge on any atom is -0.497 e. The van der Waals surface area contributed by atoms with Crippen LogP contribution in [0.25, 0.3) is 0 Å². The van der Waals surface area contributed by atoms with Gasteiger partial charge in [-0.15, -0.1) is 35.0 Å². The number of hydrogen-bond donors (Lipinski definition) is 2. The summed E-state index contributed by atoms with van der Waals surface area (Å²) in [5, 5.41) is 9.70. The van der Waals surface area contributed by atoms with Crippen molar-refractivity contribution in [2.75, 3.05) is 7.11 Å². The highest BCUT2D eigenvalue weighted by molar-refractivity contribution is 8.17. The number of aliphatic hydroxyl groups excluding tert-OH is 1. The Labute approximate surface area is 162 Å². The van der Waals surface area contributed by atoms with Crippen LogP contribution in [0.1, 0.15) is 25.7 Å². The fraction of sp³-hybridized carbons (Fsp3) is 0.647. The maximum atomic E-state index is 9.87. The average molecular weight is 408 g/mol. The van der Waals surface area contributed by atoms with Gasteiger partial charge in [-0.1, -0.05) is 12.2 Å². The lowest BCUT2D eigenvalue weighted by Crippen LogP contribution is -2.27. The van der Waals surface area contributed by atoms with Gasteiger partial charge in [0.15, 0.2) is 0 Å². The predicted octanol–water partition coefficient (Wildman–Crippen LogP) is 4.62.